The van der Waals surface area contributed by atoms with Gasteiger partial charge in [-0.1, -0.05) is 12.1 Å². The highest BCUT2D eigenvalue weighted by Gasteiger charge is 2.39. The molecule has 2 aliphatic rings. The molecule has 1 aromatic carbocycles. The molecule has 1 aliphatic carbocycles. The fourth-order valence-electron chi connectivity index (χ4n) is 3.91. The van der Waals surface area contributed by atoms with Crippen molar-refractivity contribution in [2.75, 3.05) is 20.2 Å². The van der Waals surface area contributed by atoms with E-state index in [1.54, 1.807) is 11.8 Å². The van der Waals surface area contributed by atoms with Gasteiger partial charge in [-0.25, -0.2) is 0 Å². The third-order valence-electron chi connectivity index (χ3n) is 5.57. The molecule has 138 valence electrons. The number of aromatic nitrogens is 2. The Morgan fingerprint density at radius 2 is 2.08 bits per heavy atom. The maximum Gasteiger partial charge on any atom is 0.225 e. The number of nitrogens with zero attached hydrogens (tertiary/aromatic N) is 2. The molecule has 1 unspecified atom stereocenters. The van der Waals surface area contributed by atoms with Crippen LogP contribution in [-0.2, 0) is 11.8 Å². The molecule has 2 heterocycles. The minimum atomic E-state index is -0.0568. The topological polar surface area (TPSA) is 68.2 Å². The Kier molecular flexibility index (Phi) is 4.68. The van der Waals surface area contributed by atoms with Gasteiger partial charge in [-0.15, -0.1) is 0 Å². The summed E-state index contributed by atoms with van der Waals surface area (Å²) in [5.74, 6) is 1.64. The summed E-state index contributed by atoms with van der Waals surface area (Å²) in [6, 6.07) is 8.14. The molecule has 1 amide bonds. The van der Waals surface area contributed by atoms with Crippen molar-refractivity contribution in [3.8, 4) is 5.75 Å². The number of carbonyl (C=O) groups is 1. The highest BCUT2D eigenvalue weighted by atomic mass is 16.5. The number of amides is 1. The van der Waals surface area contributed by atoms with Gasteiger partial charge in [-0.05, 0) is 42.0 Å². The second kappa shape index (κ2) is 7.11. The molecule has 3 atom stereocenters. The molecule has 2 aromatic rings. The predicted octanol–water partition coefficient (Wildman–Crippen LogP) is 2.00. The van der Waals surface area contributed by atoms with Gasteiger partial charge in [0.05, 0.1) is 25.3 Å². The minimum absolute atomic E-state index is 0.0568. The van der Waals surface area contributed by atoms with Crippen LogP contribution in [0.5, 0.6) is 5.75 Å². The van der Waals surface area contributed by atoms with Crippen LogP contribution in [0.2, 0.25) is 0 Å². The number of carbonyl (C=O) groups excluding carboxylic acids is 1. The van der Waals surface area contributed by atoms with Gasteiger partial charge in [0.15, 0.2) is 0 Å². The summed E-state index contributed by atoms with van der Waals surface area (Å²) >= 11 is 0. The molecule has 0 spiro atoms. The predicted molar refractivity (Wildman–Crippen MR) is 98.9 cm³/mol. The molecule has 6 nitrogen and oxygen atoms in total. The van der Waals surface area contributed by atoms with Gasteiger partial charge in [0, 0.05) is 32.3 Å². The van der Waals surface area contributed by atoms with Gasteiger partial charge < -0.3 is 15.4 Å². The van der Waals surface area contributed by atoms with Crippen LogP contribution >= 0.6 is 0 Å². The third kappa shape index (κ3) is 3.46. The lowest BCUT2D eigenvalue weighted by molar-refractivity contribution is -0.125. The Bertz CT molecular complexity index is 766. The van der Waals surface area contributed by atoms with Gasteiger partial charge in [0.1, 0.15) is 5.75 Å². The summed E-state index contributed by atoms with van der Waals surface area (Å²) < 4.78 is 7.05. The number of nitrogens with one attached hydrogen (secondary N) is 2. The Morgan fingerprint density at radius 3 is 2.69 bits per heavy atom. The Labute approximate surface area is 153 Å². The first-order valence-electron chi connectivity index (χ1n) is 9.29. The van der Waals surface area contributed by atoms with Crippen LogP contribution in [0.25, 0.3) is 0 Å². The molecule has 0 radical (unpaired) electrons. The number of hydrogen-bond acceptors (Lipinski definition) is 4. The van der Waals surface area contributed by atoms with E-state index in [1.807, 2.05) is 31.6 Å². The van der Waals surface area contributed by atoms with Crippen LogP contribution < -0.4 is 15.4 Å². The third-order valence-corrected chi connectivity index (χ3v) is 5.57. The van der Waals surface area contributed by atoms with E-state index in [0.717, 1.165) is 23.4 Å². The normalized spacial score (nSPS) is 23.6. The summed E-state index contributed by atoms with van der Waals surface area (Å²) in [6.07, 6.45) is 6.23. The minimum Gasteiger partial charge on any atom is -0.497 e. The zero-order valence-corrected chi connectivity index (χ0v) is 15.3. The number of methoxy groups -OCH3 is 1. The SMILES string of the molecule is COc1ccc(C(NC(=O)[C@H]2CNC[C@@H]2c2cnn(C)c2)C2CC2)cc1. The van der Waals surface area contributed by atoms with Crippen LogP contribution in [0.15, 0.2) is 36.7 Å². The van der Waals surface area contributed by atoms with E-state index in [2.05, 4.69) is 27.9 Å². The molecule has 26 heavy (non-hydrogen) atoms. The van der Waals surface area contributed by atoms with Crippen molar-refractivity contribution in [3.63, 3.8) is 0 Å². The van der Waals surface area contributed by atoms with Gasteiger partial charge in [-0.2, -0.15) is 5.10 Å². The maximum atomic E-state index is 13.1. The van der Waals surface area contributed by atoms with Gasteiger partial charge in [0.2, 0.25) is 5.91 Å². The summed E-state index contributed by atoms with van der Waals surface area (Å²) in [5.41, 5.74) is 2.29. The molecule has 6 heteroatoms. The van der Waals surface area contributed by atoms with Crippen LogP contribution in [0.1, 0.15) is 35.9 Å². The molecule has 4 rings (SSSR count). The molecule has 2 N–H and O–H groups in total. The highest BCUT2D eigenvalue weighted by molar-refractivity contribution is 5.81. The monoisotopic (exact) mass is 354 g/mol. The van der Waals surface area contributed by atoms with Crippen molar-refractivity contribution in [2.24, 2.45) is 18.9 Å². The van der Waals surface area contributed by atoms with Crippen molar-refractivity contribution in [3.05, 3.63) is 47.8 Å². The summed E-state index contributed by atoms with van der Waals surface area (Å²) in [6.45, 7) is 1.53. The van der Waals surface area contributed by atoms with Crippen molar-refractivity contribution in [1.29, 1.82) is 0 Å². The number of rotatable bonds is 6. The van der Waals surface area contributed by atoms with E-state index in [0.29, 0.717) is 12.5 Å². The zero-order chi connectivity index (χ0) is 18.1. The average molecular weight is 354 g/mol. The van der Waals surface area contributed by atoms with E-state index in [9.17, 15) is 4.79 Å². The standard InChI is InChI=1S/C20H26N4O2/c1-24-12-15(9-22-24)17-10-21-11-18(17)20(25)23-19(13-3-4-13)14-5-7-16(26-2)8-6-14/h5-9,12-13,17-19,21H,3-4,10-11H2,1-2H3,(H,23,25)/t17-,18+,19?/m1/s1. The van der Waals surface area contributed by atoms with E-state index in [4.69, 9.17) is 4.74 Å². The van der Waals surface area contributed by atoms with E-state index < -0.39 is 0 Å². The molecular weight excluding hydrogens is 328 g/mol. The number of hydrogen-bond donors (Lipinski definition) is 2. The second-order valence-corrected chi connectivity index (χ2v) is 7.42. The molecule has 1 aliphatic heterocycles. The van der Waals surface area contributed by atoms with Crippen molar-refractivity contribution >= 4 is 5.91 Å². The van der Waals surface area contributed by atoms with E-state index in [1.165, 1.54) is 12.8 Å². The Morgan fingerprint density at radius 1 is 1.31 bits per heavy atom. The first-order valence-corrected chi connectivity index (χ1v) is 9.29. The molecule has 1 saturated heterocycles. The van der Waals surface area contributed by atoms with Crippen LogP contribution in [0.3, 0.4) is 0 Å². The largest absolute Gasteiger partial charge is 0.497 e. The summed E-state index contributed by atoms with van der Waals surface area (Å²) in [4.78, 5) is 13.1. The first-order chi connectivity index (χ1) is 12.7. The Hall–Kier alpha value is -2.34. The van der Waals surface area contributed by atoms with Crippen LogP contribution in [-0.4, -0.2) is 35.9 Å². The molecule has 1 saturated carbocycles. The number of aryl methyl sites for hydroxylation is 1. The van der Waals surface area contributed by atoms with Crippen LogP contribution in [0, 0.1) is 11.8 Å². The lowest BCUT2D eigenvalue weighted by atomic mass is 9.89. The van der Waals surface area contributed by atoms with Crippen LogP contribution in [0.4, 0.5) is 0 Å². The first kappa shape index (κ1) is 17.1. The smallest absolute Gasteiger partial charge is 0.225 e. The maximum absolute atomic E-state index is 13.1. The highest BCUT2D eigenvalue weighted by Crippen LogP contribution is 2.42. The molecular formula is C20H26N4O2. The van der Waals surface area contributed by atoms with E-state index >= 15 is 0 Å². The van der Waals surface area contributed by atoms with Gasteiger partial charge >= 0.3 is 0 Å². The van der Waals surface area contributed by atoms with E-state index in [-0.39, 0.29) is 23.8 Å². The van der Waals surface area contributed by atoms with Crippen molar-refractivity contribution < 1.29 is 9.53 Å². The molecule has 1 aromatic heterocycles. The zero-order valence-electron chi connectivity index (χ0n) is 15.3. The average Bonchev–Trinajstić information content (AvgIpc) is 3.21. The molecule has 2 fully saturated rings. The molecule has 0 bridgehead atoms. The second-order valence-electron chi connectivity index (χ2n) is 7.42. The van der Waals surface area contributed by atoms with Crippen molar-refractivity contribution in [2.45, 2.75) is 24.8 Å². The summed E-state index contributed by atoms with van der Waals surface area (Å²) in [7, 11) is 3.58. The fourth-order valence-corrected chi connectivity index (χ4v) is 3.91. The van der Waals surface area contributed by atoms with Gasteiger partial charge in [0.25, 0.3) is 0 Å². The lowest BCUT2D eigenvalue weighted by Crippen LogP contribution is -2.37. The number of benzene rings is 1. The number of ether oxygens (including phenoxy) is 1. The van der Waals surface area contributed by atoms with Gasteiger partial charge in [-0.3, -0.25) is 9.48 Å². The lowest BCUT2D eigenvalue weighted by Gasteiger charge is -2.23. The summed E-state index contributed by atoms with van der Waals surface area (Å²) in [5, 5.41) is 11.0. The quantitative estimate of drug-likeness (QED) is 0.833. The Balaban J connectivity index is 1.49. The fraction of sp³-hybridized carbons (Fsp3) is 0.500. The van der Waals surface area contributed by atoms with Crippen molar-refractivity contribution in [1.82, 2.24) is 20.4 Å².